The summed E-state index contributed by atoms with van der Waals surface area (Å²) in [7, 11) is 0. The monoisotopic (exact) mass is 498 g/mol. The quantitative estimate of drug-likeness (QED) is 0.0821. The lowest BCUT2D eigenvalue weighted by Gasteiger charge is -2.19. The first-order chi connectivity index (χ1) is 16.7. The second-order valence-corrected chi connectivity index (χ2v) is 10.7. The molecule has 0 heterocycles. The number of unbranched alkanes of at least 4 members (excludes halogenated alkanes) is 12. The van der Waals surface area contributed by atoms with E-state index in [-0.39, 0.29) is 43.0 Å². The van der Waals surface area contributed by atoms with Crippen molar-refractivity contribution in [3.8, 4) is 0 Å². The molecular weight excluding hydrogens is 444 g/mol. The van der Waals surface area contributed by atoms with Crippen molar-refractivity contribution in [1.29, 1.82) is 0 Å². The molecule has 0 aromatic carbocycles. The van der Waals surface area contributed by atoms with Crippen LogP contribution in [0.25, 0.3) is 0 Å². The predicted octanol–water partition coefficient (Wildman–Crippen LogP) is 7.56. The van der Waals surface area contributed by atoms with E-state index in [1.54, 1.807) is 0 Å². The van der Waals surface area contributed by atoms with E-state index in [2.05, 4.69) is 6.92 Å². The molecule has 0 atom stereocenters. The maximum Gasteiger partial charge on any atom is 0.306 e. The standard InChI is InChI=1S/C29H54O6/c1-6-7-8-9-10-11-12-13-14-15-16-17-18-19-27(30)35-26(22-33-28(31)20-24(2)3)23-34-29(32)21-25(4)5/h24-26H,6-23H2,1-5H3. The zero-order chi connectivity index (χ0) is 26.3. The van der Waals surface area contributed by atoms with Crippen molar-refractivity contribution in [1.82, 2.24) is 0 Å². The lowest BCUT2D eigenvalue weighted by molar-refractivity contribution is -0.167. The van der Waals surface area contributed by atoms with Gasteiger partial charge in [-0.3, -0.25) is 14.4 Å². The first-order valence-corrected chi connectivity index (χ1v) is 14.2. The molecule has 0 spiro atoms. The Morgan fingerprint density at radius 2 is 0.914 bits per heavy atom. The minimum Gasteiger partial charge on any atom is -0.462 e. The van der Waals surface area contributed by atoms with Gasteiger partial charge in [-0.15, -0.1) is 0 Å². The third-order valence-corrected chi connectivity index (χ3v) is 5.79. The van der Waals surface area contributed by atoms with Crippen molar-refractivity contribution in [2.75, 3.05) is 13.2 Å². The Bertz CT molecular complexity index is 517. The number of rotatable bonds is 23. The van der Waals surface area contributed by atoms with Crippen LogP contribution in [0.15, 0.2) is 0 Å². The molecule has 0 bridgehead atoms. The molecule has 0 radical (unpaired) electrons. The molecule has 0 rings (SSSR count). The normalized spacial score (nSPS) is 11.3. The number of carbonyl (C=O) groups is 3. The van der Waals surface area contributed by atoms with Crippen molar-refractivity contribution in [3.05, 3.63) is 0 Å². The van der Waals surface area contributed by atoms with Gasteiger partial charge in [0.1, 0.15) is 13.2 Å². The minimum atomic E-state index is -0.767. The molecule has 0 aromatic heterocycles. The van der Waals surface area contributed by atoms with E-state index < -0.39 is 6.10 Å². The van der Waals surface area contributed by atoms with Crippen LogP contribution in [0.4, 0.5) is 0 Å². The zero-order valence-corrected chi connectivity index (χ0v) is 23.4. The molecular formula is C29H54O6. The van der Waals surface area contributed by atoms with Gasteiger partial charge in [0, 0.05) is 19.3 Å². The first kappa shape index (κ1) is 33.4. The first-order valence-electron chi connectivity index (χ1n) is 14.2. The van der Waals surface area contributed by atoms with Crippen molar-refractivity contribution in [2.24, 2.45) is 11.8 Å². The maximum absolute atomic E-state index is 12.3. The number of hydrogen-bond donors (Lipinski definition) is 0. The van der Waals surface area contributed by atoms with Crippen LogP contribution in [0.2, 0.25) is 0 Å². The molecule has 0 aliphatic rings. The van der Waals surface area contributed by atoms with Gasteiger partial charge in [0.2, 0.25) is 0 Å². The van der Waals surface area contributed by atoms with E-state index in [4.69, 9.17) is 14.2 Å². The lowest BCUT2D eigenvalue weighted by atomic mass is 10.0. The average Bonchev–Trinajstić information content (AvgIpc) is 2.77. The number of carbonyl (C=O) groups excluding carboxylic acids is 3. The molecule has 6 heteroatoms. The van der Waals surface area contributed by atoms with Gasteiger partial charge in [-0.1, -0.05) is 112 Å². The SMILES string of the molecule is CCCCCCCCCCCCCCCC(=O)OC(COC(=O)CC(C)C)COC(=O)CC(C)C. The summed E-state index contributed by atoms with van der Waals surface area (Å²) in [6.07, 6.45) is 16.4. The number of esters is 3. The van der Waals surface area contributed by atoms with Crippen LogP contribution >= 0.6 is 0 Å². The van der Waals surface area contributed by atoms with Crippen molar-refractivity contribution < 1.29 is 28.6 Å². The molecule has 0 fully saturated rings. The highest BCUT2D eigenvalue weighted by Crippen LogP contribution is 2.13. The minimum absolute atomic E-state index is 0.0924. The van der Waals surface area contributed by atoms with Crippen LogP contribution in [0.3, 0.4) is 0 Å². The fourth-order valence-electron chi connectivity index (χ4n) is 3.80. The van der Waals surface area contributed by atoms with Crippen LogP contribution in [0.5, 0.6) is 0 Å². The third kappa shape index (κ3) is 23.9. The van der Waals surface area contributed by atoms with Gasteiger partial charge in [-0.25, -0.2) is 0 Å². The molecule has 206 valence electrons. The largest absolute Gasteiger partial charge is 0.462 e. The Kier molecular flexibility index (Phi) is 21.8. The van der Waals surface area contributed by atoms with Gasteiger partial charge < -0.3 is 14.2 Å². The molecule has 0 unspecified atom stereocenters. The second kappa shape index (κ2) is 22.8. The van der Waals surface area contributed by atoms with Crippen LogP contribution in [-0.2, 0) is 28.6 Å². The summed E-state index contributed by atoms with van der Waals surface area (Å²) >= 11 is 0. The summed E-state index contributed by atoms with van der Waals surface area (Å²) in [5.74, 6) is -0.652. The van der Waals surface area contributed by atoms with E-state index >= 15 is 0 Å². The Morgan fingerprint density at radius 3 is 1.29 bits per heavy atom. The van der Waals surface area contributed by atoms with Gasteiger partial charge in [-0.05, 0) is 18.3 Å². The molecule has 0 aromatic rings. The van der Waals surface area contributed by atoms with E-state index in [1.807, 2.05) is 27.7 Å². The van der Waals surface area contributed by atoms with Crippen molar-refractivity contribution >= 4 is 17.9 Å². The molecule has 0 N–H and O–H groups in total. The van der Waals surface area contributed by atoms with Gasteiger partial charge >= 0.3 is 17.9 Å². The molecule has 35 heavy (non-hydrogen) atoms. The summed E-state index contributed by atoms with van der Waals surface area (Å²) < 4.78 is 16.0. The zero-order valence-electron chi connectivity index (χ0n) is 23.4. The van der Waals surface area contributed by atoms with Crippen molar-refractivity contribution in [3.63, 3.8) is 0 Å². The third-order valence-electron chi connectivity index (χ3n) is 5.79. The van der Waals surface area contributed by atoms with Gasteiger partial charge in [0.25, 0.3) is 0 Å². The molecule has 0 aliphatic heterocycles. The van der Waals surface area contributed by atoms with E-state index in [0.717, 1.165) is 19.3 Å². The summed E-state index contributed by atoms with van der Waals surface area (Å²) in [6.45, 7) is 9.80. The van der Waals surface area contributed by atoms with E-state index in [0.29, 0.717) is 19.3 Å². The molecule has 0 amide bonds. The Balaban J connectivity index is 4.06. The van der Waals surface area contributed by atoms with Crippen LogP contribution in [0, 0.1) is 11.8 Å². The van der Waals surface area contributed by atoms with Crippen LogP contribution in [-0.4, -0.2) is 37.2 Å². The average molecular weight is 499 g/mol. The number of hydrogen-bond acceptors (Lipinski definition) is 6. The summed E-state index contributed by atoms with van der Waals surface area (Å²) in [4.78, 5) is 36.0. The Labute approximate surface area is 215 Å². The van der Waals surface area contributed by atoms with E-state index in [1.165, 1.54) is 64.2 Å². The molecule has 6 nitrogen and oxygen atoms in total. The summed E-state index contributed by atoms with van der Waals surface area (Å²) in [6, 6.07) is 0. The van der Waals surface area contributed by atoms with Gasteiger partial charge in [0.15, 0.2) is 6.10 Å². The maximum atomic E-state index is 12.3. The van der Waals surface area contributed by atoms with Crippen LogP contribution < -0.4 is 0 Å². The topological polar surface area (TPSA) is 78.9 Å². The molecule has 0 saturated heterocycles. The summed E-state index contributed by atoms with van der Waals surface area (Å²) in [5.41, 5.74) is 0. The lowest BCUT2D eigenvalue weighted by Crippen LogP contribution is -2.31. The van der Waals surface area contributed by atoms with Crippen molar-refractivity contribution in [2.45, 2.75) is 143 Å². The Morgan fingerprint density at radius 1 is 0.543 bits per heavy atom. The highest BCUT2D eigenvalue weighted by molar-refractivity contribution is 5.71. The number of ether oxygens (including phenoxy) is 3. The fourth-order valence-corrected chi connectivity index (χ4v) is 3.80. The highest BCUT2D eigenvalue weighted by Gasteiger charge is 2.20. The highest BCUT2D eigenvalue weighted by atomic mass is 16.6. The molecule has 0 saturated carbocycles. The fraction of sp³-hybridized carbons (Fsp3) is 0.897. The van der Waals surface area contributed by atoms with Gasteiger partial charge in [-0.2, -0.15) is 0 Å². The predicted molar refractivity (Wildman–Crippen MR) is 141 cm³/mol. The summed E-state index contributed by atoms with van der Waals surface area (Å²) in [5, 5.41) is 0. The van der Waals surface area contributed by atoms with E-state index in [9.17, 15) is 14.4 Å². The Hall–Kier alpha value is -1.59. The second-order valence-electron chi connectivity index (χ2n) is 10.7. The smallest absolute Gasteiger partial charge is 0.306 e. The van der Waals surface area contributed by atoms with Gasteiger partial charge in [0.05, 0.1) is 0 Å². The van der Waals surface area contributed by atoms with Crippen LogP contribution in [0.1, 0.15) is 137 Å². The molecule has 0 aliphatic carbocycles.